The second kappa shape index (κ2) is 12.5. The van der Waals surface area contributed by atoms with Crippen molar-refractivity contribution in [3.8, 4) is 5.82 Å². The molecule has 2 aromatic heterocycles. The summed E-state index contributed by atoms with van der Waals surface area (Å²) in [6, 6.07) is 11.1. The van der Waals surface area contributed by atoms with Gasteiger partial charge in [0.1, 0.15) is 5.82 Å². The van der Waals surface area contributed by atoms with E-state index in [0.29, 0.717) is 27.4 Å². The number of esters is 1. The highest BCUT2D eigenvalue weighted by atomic mass is 35.5. The lowest BCUT2D eigenvalue weighted by Crippen LogP contribution is -2.46. The van der Waals surface area contributed by atoms with Crippen molar-refractivity contribution in [2.24, 2.45) is 0 Å². The number of pyridine rings is 1. The number of halogens is 5. The fourth-order valence-electron chi connectivity index (χ4n) is 5.03. The SMILES string of the molecule is COC(=O)c1ccc(-n2c(N[C@@H](C)c3ccc(C(F)(F)F)cc3)nc3c(c2=O)C[C@@H](C)N(C(=O)c2ccc(Cl)c(Cl)c2)C3)nc1. The van der Waals surface area contributed by atoms with Gasteiger partial charge in [-0.15, -0.1) is 0 Å². The van der Waals surface area contributed by atoms with Crippen molar-refractivity contribution >= 4 is 41.0 Å². The molecule has 2 atom stereocenters. The Kier molecular flexibility index (Phi) is 8.90. The average molecular weight is 660 g/mol. The summed E-state index contributed by atoms with van der Waals surface area (Å²) in [6.45, 7) is 3.52. The van der Waals surface area contributed by atoms with E-state index in [9.17, 15) is 27.6 Å². The van der Waals surface area contributed by atoms with E-state index in [2.05, 4.69) is 10.3 Å². The quantitative estimate of drug-likeness (QED) is 0.236. The van der Waals surface area contributed by atoms with Gasteiger partial charge in [-0.1, -0.05) is 35.3 Å². The van der Waals surface area contributed by atoms with Crippen molar-refractivity contribution in [2.75, 3.05) is 12.4 Å². The molecule has 234 valence electrons. The van der Waals surface area contributed by atoms with Crippen molar-refractivity contribution < 1.29 is 27.5 Å². The van der Waals surface area contributed by atoms with Crippen LogP contribution in [0.25, 0.3) is 5.82 Å². The summed E-state index contributed by atoms with van der Waals surface area (Å²) < 4.78 is 45.4. The van der Waals surface area contributed by atoms with Gasteiger partial charge in [0.2, 0.25) is 5.95 Å². The van der Waals surface area contributed by atoms with Gasteiger partial charge in [-0.05, 0) is 68.3 Å². The minimum absolute atomic E-state index is 0.00368. The molecule has 14 heteroatoms. The zero-order valence-electron chi connectivity index (χ0n) is 24.2. The first kappa shape index (κ1) is 32.0. The van der Waals surface area contributed by atoms with Gasteiger partial charge in [-0.2, -0.15) is 13.2 Å². The van der Waals surface area contributed by atoms with E-state index in [1.54, 1.807) is 17.9 Å². The molecule has 0 saturated heterocycles. The molecule has 1 amide bonds. The summed E-state index contributed by atoms with van der Waals surface area (Å²) in [5.41, 5.74) is 0.450. The Hall–Kier alpha value is -4.42. The third-order valence-corrected chi connectivity index (χ3v) is 8.26. The van der Waals surface area contributed by atoms with Crippen molar-refractivity contribution in [3.05, 3.63) is 115 Å². The van der Waals surface area contributed by atoms with E-state index < -0.39 is 29.3 Å². The van der Waals surface area contributed by atoms with Crippen LogP contribution in [-0.2, 0) is 23.9 Å². The zero-order valence-corrected chi connectivity index (χ0v) is 25.7. The van der Waals surface area contributed by atoms with Gasteiger partial charge < -0.3 is 15.0 Å². The van der Waals surface area contributed by atoms with Crippen LogP contribution in [0.4, 0.5) is 19.1 Å². The standard InChI is InChI=1S/C31H26Cl2F3N5O4/c1-16-12-22-25(15-40(16)27(42)19-6-10-23(32)24(33)13-19)39-30(38-17(2)18-4-8-21(9-5-18)31(34,35)36)41(28(22)43)26-11-7-20(14-37-26)29(44)45-3/h4-11,13-14,16-17H,12,15H2,1-3H3,(H,38,39)/t16-,17+/m1/s1. The Labute approximate surface area is 265 Å². The zero-order chi connectivity index (χ0) is 32.6. The molecule has 0 aliphatic carbocycles. The maximum atomic E-state index is 14.0. The van der Waals surface area contributed by atoms with E-state index in [0.717, 1.165) is 12.1 Å². The minimum Gasteiger partial charge on any atom is -0.465 e. The predicted molar refractivity (Wildman–Crippen MR) is 162 cm³/mol. The number of nitrogens with zero attached hydrogens (tertiary/aromatic N) is 4. The second-order valence-corrected chi connectivity index (χ2v) is 11.3. The van der Waals surface area contributed by atoms with Crippen molar-refractivity contribution in [1.82, 2.24) is 19.4 Å². The van der Waals surface area contributed by atoms with Gasteiger partial charge in [0, 0.05) is 23.4 Å². The molecule has 0 saturated carbocycles. The maximum absolute atomic E-state index is 14.0. The molecule has 2 aromatic carbocycles. The van der Waals surface area contributed by atoms with Gasteiger partial charge in [-0.25, -0.2) is 19.3 Å². The summed E-state index contributed by atoms with van der Waals surface area (Å²) in [4.78, 5) is 50.1. The molecule has 0 bridgehead atoms. The molecule has 0 unspecified atom stereocenters. The topological polar surface area (TPSA) is 106 Å². The second-order valence-electron chi connectivity index (χ2n) is 10.5. The number of fused-ring (bicyclic) bond motifs is 1. The van der Waals surface area contributed by atoms with Crippen LogP contribution in [0.5, 0.6) is 0 Å². The lowest BCUT2D eigenvalue weighted by Gasteiger charge is -2.34. The van der Waals surface area contributed by atoms with Crippen molar-refractivity contribution in [3.63, 3.8) is 0 Å². The Morgan fingerprint density at radius 1 is 1.04 bits per heavy atom. The highest BCUT2D eigenvalue weighted by Crippen LogP contribution is 2.31. The summed E-state index contributed by atoms with van der Waals surface area (Å²) >= 11 is 12.2. The molecule has 5 rings (SSSR count). The van der Waals surface area contributed by atoms with Gasteiger partial charge in [-0.3, -0.25) is 9.59 Å². The molecule has 3 heterocycles. The van der Waals surface area contributed by atoms with Crippen molar-refractivity contribution in [2.45, 2.75) is 45.1 Å². The number of alkyl halides is 3. The number of aromatic nitrogens is 3. The molecule has 0 spiro atoms. The summed E-state index contributed by atoms with van der Waals surface area (Å²) in [5, 5.41) is 3.66. The molecule has 1 N–H and O–H groups in total. The highest BCUT2D eigenvalue weighted by molar-refractivity contribution is 6.42. The normalized spacial score (nSPS) is 15.3. The smallest absolute Gasteiger partial charge is 0.416 e. The Balaban J connectivity index is 1.56. The number of anilines is 1. The molecular formula is C31H26Cl2F3N5O4. The number of benzene rings is 2. The fourth-order valence-corrected chi connectivity index (χ4v) is 5.33. The largest absolute Gasteiger partial charge is 0.465 e. The number of ether oxygens (including phenoxy) is 1. The van der Waals surface area contributed by atoms with E-state index >= 15 is 0 Å². The van der Waals surface area contributed by atoms with Gasteiger partial charge in [0.05, 0.1) is 46.6 Å². The Morgan fingerprint density at radius 2 is 1.73 bits per heavy atom. The first-order chi connectivity index (χ1) is 21.3. The number of hydrogen-bond donors (Lipinski definition) is 1. The fraction of sp³-hybridized carbons (Fsp3) is 0.258. The predicted octanol–water partition coefficient (Wildman–Crippen LogP) is 6.50. The molecule has 1 aliphatic heterocycles. The van der Waals surface area contributed by atoms with Crippen LogP contribution >= 0.6 is 23.2 Å². The summed E-state index contributed by atoms with van der Waals surface area (Å²) in [6.07, 6.45) is -3.05. The molecule has 1 aliphatic rings. The molecule has 0 radical (unpaired) electrons. The molecule has 4 aromatic rings. The molecule has 9 nitrogen and oxygen atoms in total. The van der Waals surface area contributed by atoms with Crippen LogP contribution in [0, 0.1) is 0 Å². The van der Waals surface area contributed by atoms with Gasteiger partial charge in [0.25, 0.3) is 11.5 Å². The number of hydrogen-bond acceptors (Lipinski definition) is 7. The first-order valence-corrected chi connectivity index (χ1v) is 14.4. The minimum atomic E-state index is -4.49. The van der Waals surface area contributed by atoms with Crippen LogP contribution in [0.1, 0.15) is 63.0 Å². The third kappa shape index (κ3) is 6.52. The number of amides is 1. The molecule has 0 fully saturated rings. The summed E-state index contributed by atoms with van der Waals surface area (Å²) in [7, 11) is 1.23. The van der Waals surface area contributed by atoms with Crippen LogP contribution < -0.4 is 10.9 Å². The number of carbonyl (C=O) groups excluding carboxylic acids is 2. The van der Waals surface area contributed by atoms with Gasteiger partial charge in [0.15, 0.2) is 0 Å². The number of methoxy groups -OCH3 is 1. The number of carbonyl (C=O) groups is 2. The van der Waals surface area contributed by atoms with Crippen LogP contribution in [0.15, 0.2) is 65.6 Å². The monoisotopic (exact) mass is 659 g/mol. The van der Waals surface area contributed by atoms with E-state index in [1.807, 2.05) is 6.92 Å². The van der Waals surface area contributed by atoms with Crippen LogP contribution in [0.3, 0.4) is 0 Å². The maximum Gasteiger partial charge on any atom is 0.416 e. The lowest BCUT2D eigenvalue weighted by atomic mass is 9.98. The average Bonchev–Trinajstić information content (AvgIpc) is 3.01. The van der Waals surface area contributed by atoms with E-state index in [1.165, 1.54) is 54.3 Å². The van der Waals surface area contributed by atoms with Gasteiger partial charge >= 0.3 is 12.1 Å². The number of nitrogens with one attached hydrogen (secondary N) is 1. The van der Waals surface area contributed by atoms with Crippen molar-refractivity contribution in [1.29, 1.82) is 0 Å². The van der Waals surface area contributed by atoms with E-state index in [4.69, 9.17) is 32.9 Å². The number of rotatable bonds is 6. The first-order valence-electron chi connectivity index (χ1n) is 13.7. The Morgan fingerprint density at radius 3 is 2.33 bits per heavy atom. The lowest BCUT2D eigenvalue weighted by molar-refractivity contribution is -0.137. The molecular weight excluding hydrogens is 634 g/mol. The Bertz CT molecular complexity index is 1830. The van der Waals surface area contributed by atoms with Crippen LogP contribution in [-0.4, -0.2) is 44.5 Å². The summed E-state index contributed by atoms with van der Waals surface area (Å²) in [5.74, 6) is -0.752. The highest BCUT2D eigenvalue weighted by Gasteiger charge is 2.33. The van der Waals surface area contributed by atoms with Crippen LogP contribution in [0.2, 0.25) is 10.0 Å². The molecule has 45 heavy (non-hydrogen) atoms. The van der Waals surface area contributed by atoms with E-state index in [-0.39, 0.29) is 47.3 Å². The third-order valence-electron chi connectivity index (χ3n) is 7.52.